The zero-order valence-electron chi connectivity index (χ0n) is 64.2. The van der Waals surface area contributed by atoms with Gasteiger partial charge in [0.05, 0.1) is 120 Å². The Bertz CT molecular complexity index is 4360. The fourth-order valence-electron chi connectivity index (χ4n) is 12.2. The van der Waals surface area contributed by atoms with Gasteiger partial charge in [-0.2, -0.15) is 0 Å². The molecule has 38 nitrogen and oxygen atoms in total. The van der Waals surface area contributed by atoms with E-state index in [2.05, 4.69) is 19.7 Å². The summed E-state index contributed by atoms with van der Waals surface area (Å²) in [7, 11) is 12.4. The van der Waals surface area contributed by atoms with Crippen molar-refractivity contribution in [2.45, 2.75) is 188 Å². The Kier molecular flexibility index (Phi) is 36.8. The number of aliphatic hydroxyl groups is 4. The van der Waals surface area contributed by atoms with Gasteiger partial charge in [0, 0.05) is 49.5 Å². The maximum absolute atomic E-state index is 12.3. The van der Waals surface area contributed by atoms with Crippen LogP contribution in [0.5, 0.6) is 0 Å². The summed E-state index contributed by atoms with van der Waals surface area (Å²) in [6.07, 6.45) is 7.20. The van der Waals surface area contributed by atoms with Crippen molar-refractivity contribution in [2.75, 3.05) is 41.7 Å². The van der Waals surface area contributed by atoms with Crippen molar-refractivity contribution in [1.29, 1.82) is 0 Å². The largest absolute Gasteiger partial charge is 0.466 e. The molecule has 4 aromatic heterocycles. The highest BCUT2D eigenvalue weighted by Gasteiger charge is 2.47. The van der Waals surface area contributed by atoms with Gasteiger partial charge in [0.1, 0.15) is 12.2 Å². The molecule has 10 atom stereocenters. The molecular weight excluding hydrogens is 1420 g/mol. The van der Waals surface area contributed by atoms with E-state index < -0.39 is 117 Å². The molecule has 2 fully saturated rings. The van der Waals surface area contributed by atoms with E-state index in [0.717, 1.165) is 93.3 Å². The molecule has 4 aromatic rings. The van der Waals surface area contributed by atoms with Crippen molar-refractivity contribution < 1.29 is 68.0 Å². The molecule has 4 bridgehead atoms. The SMILES string of the molecule is C=CCn1c(=O)n(C)c(=O)n(C)c1=O.C=CCn1c(=O)n(C)c(=O)n(C)c1=O.C=CCn1c(=O)n(CC(O)CC)c(=O)n(CC(O)CC)c1=O.CCC(O)Cn1c(=O)n(C)c(=O)n(CC(O)CC)c1=O.COCC(C)OC(=O)C1=C(C(=O)OC)C2CCC1C2.COCC(C)OC(=O)C1=C(C(=O)OC)C2CCC1C2. The fraction of sp³-hybridized carbons (Fsp3) is 0.629. The van der Waals surface area contributed by atoms with Crippen LogP contribution in [0.4, 0.5) is 0 Å². The molecule has 4 heterocycles. The second kappa shape index (κ2) is 43.1. The number of hydrogen-bond donors (Lipinski definition) is 4. The minimum atomic E-state index is -0.871. The van der Waals surface area contributed by atoms with Crippen LogP contribution in [0.15, 0.2) is 118 Å². The predicted molar refractivity (Wildman–Crippen MR) is 392 cm³/mol. The van der Waals surface area contributed by atoms with Crippen LogP contribution in [-0.2, 0) is 129 Å². The smallest absolute Gasteiger partial charge is 0.336 e. The Hall–Kier alpha value is -10.0. The molecule has 4 N–H and O–H groups in total. The Morgan fingerprint density at radius 3 is 0.787 bits per heavy atom. The minimum absolute atomic E-state index is 0.0532. The second-order valence-corrected chi connectivity index (χ2v) is 26.0. The third-order valence-corrected chi connectivity index (χ3v) is 18.2. The van der Waals surface area contributed by atoms with Gasteiger partial charge in [-0.05, 0) is 102 Å². The van der Waals surface area contributed by atoms with Gasteiger partial charge < -0.3 is 48.8 Å². The van der Waals surface area contributed by atoms with Gasteiger partial charge in [-0.1, -0.05) is 45.9 Å². The van der Waals surface area contributed by atoms with Gasteiger partial charge in [0.2, 0.25) is 0 Å². The Morgan fingerprint density at radius 1 is 0.361 bits per heavy atom. The number of hydrogen-bond acceptors (Lipinski definition) is 26. The molecule has 8 rings (SSSR count). The first-order valence-electron chi connectivity index (χ1n) is 35.0. The molecule has 0 aliphatic heterocycles. The zero-order chi connectivity index (χ0) is 82.0. The molecule has 4 aliphatic rings. The third kappa shape index (κ3) is 22.8. The van der Waals surface area contributed by atoms with Crippen molar-refractivity contribution >= 4 is 23.9 Å². The molecule has 4 aliphatic carbocycles. The van der Waals surface area contributed by atoms with Crippen molar-refractivity contribution in [1.82, 2.24) is 54.8 Å². The fourth-order valence-corrected chi connectivity index (χ4v) is 12.2. The van der Waals surface area contributed by atoms with Crippen molar-refractivity contribution in [3.63, 3.8) is 0 Å². The number of aliphatic hydroxyl groups excluding tert-OH is 4. The van der Waals surface area contributed by atoms with Crippen LogP contribution < -0.4 is 68.3 Å². The van der Waals surface area contributed by atoms with E-state index in [1.54, 1.807) is 55.8 Å². The monoisotopic (exact) mass is 1530 g/mol. The average molecular weight is 1530 g/mol. The van der Waals surface area contributed by atoms with E-state index in [0.29, 0.717) is 61.2 Å². The lowest BCUT2D eigenvalue weighted by molar-refractivity contribution is -0.147. The van der Waals surface area contributed by atoms with Gasteiger partial charge in [-0.25, -0.2) is 132 Å². The molecule has 602 valence electrons. The summed E-state index contributed by atoms with van der Waals surface area (Å²) in [5, 5.41) is 38.6. The molecule has 38 heteroatoms. The van der Waals surface area contributed by atoms with E-state index in [4.69, 9.17) is 28.4 Å². The molecule has 0 saturated heterocycles. The highest BCUT2D eigenvalue weighted by Crippen LogP contribution is 2.50. The third-order valence-electron chi connectivity index (χ3n) is 18.2. The lowest BCUT2D eigenvalue weighted by Gasteiger charge is -2.19. The quantitative estimate of drug-likeness (QED) is 0.0249. The summed E-state index contributed by atoms with van der Waals surface area (Å²) in [6, 6.07) is 0. The van der Waals surface area contributed by atoms with E-state index in [-0.39, 0.29) is 81.7 Å². The minimum Gasteiger partial charge on any atom is -0.466 e. The first-order chi connectivity index (χ1) is 50.9. The summed E-state index contributed by atoms with van der Waals surface area (Å²) >= 11 is 0. The second-order valence-electron chi connectivity index (χ2n) is 26.0. The van der Waals surface area contributed by atoms with Crippen LogP contribution >= 0.6 is 0 Å². The molecule has 0 spiro atoms. The number of carbonyl (C=O) groups excluding carboxylic acids is 4. The lowest BCUT2D eigenvalue weighted by Crippen LogP contribution is -2.56. The summed E-state index contributed by atoms with van der Waals surface area (Å²) in [6.45, 7) is 20.8. The summed E-state index contributed by atoms with van der Waals surface area (Å²) in [5.74, 6) is -0.926. The highest BCUT2D eigenvalue weighted by molar-refractivity contribution is 6.03. The molecule has 0 amide bonds. The van der Waals surface area contributed by atoms with Crippen molar-refractivity contribution in [3.8, 4) is 0 Å². The molecule has 0 aromatic carbocycles. The van der Waals surface area contributed by atoms with Gasteiger partial charge >= 0.3 is 92.2 Å². The van der Waals surface area contributed by atoms with Gasteiger partial charge in [0.25, 0.3) is 0 Å². The van der Waals surface area contributed by atoms with E-state index >= 15 is 0 Å². The molecule has 108 heavy (non-hydrogen) atoms. The van der Waals surface area contributed by atoms with Crippen LogP contribution in [0.2, 0.25) is 0 Å². The van der Waals surface area contributed by atoms with Gasteiger partial charge in [0.15, 0.2) is 0 Å². The summed E-state index contributed by atoms with van der Waals surface area (Å²) in [4.78, 5) is 189. The highest BCUT2D eigenvalue weighted by atomic mass is 16.6. The first-order valence-corrected chi connectivity index (χ1v) is 35.0. The first kappa shape index (κ1) is 92.2. The molecule has 0 radical (unpaired) electrons. The number of aromatic nitrogens is 12. The van der Waals surface area contributed by atoms with E-state index in [1.807, 2.05) is 0 Å². The number of carbonyl (C=O) groups is 4. The Labute approximate surface area is 619 Å². The average Bonchev–Trinajstić information content (AvgIpc) is 1.72. The molecule has 10 unspecified atom stereocenters. The number of nitrogens with zero attached hydrogens (tertiary/aromatic N) is 12. The number of esters is 4. The summed E-state index contributed by atoms with van der Waals surface area (Å²) < 4.78 is 40.4. The zero-order valence-corrected chi connectivity index (χ0v) is 64.2. The van der Waals surface area contributed by atoms with Crippen molar-refractivity contribution in [2.24, 2.45) is 58.9 Å². The van der Waals surface area contributed by atoms with Crippen LogP contribution in [0.25, 0.3) is 0 Å². The maximum Gasteiger partial charge on any atom is 0.336 e. The number of fused-ring (bicyclic) bond motifs is 4. The molecular formula is C70H106N12O26. The number of ether oxygens (including phenoxy) is 6. The number of allylic oxidation sites excluding steroid dienone is 3. The maximum atomic E-state index is 12.3. The van der Waals surface area contributed by atoms with Crippen molar-refractivity contribution in [3.05, 3.63) is 186 Å². The van der Waals surface area contributed by atoms with Crippen LogP contribution in [0.1, 0.15) is 106 Å². The molecule has 2 saturated carbocycles. The predicted octanol–water partition coefficient (Wildman–Crippen LogP) is -3.06. The standard InChI is InChI=1S/C14H23N3O5.2C14H20O5.C12H21N3O5.2C8H11N3O3/c1-4-7-15-12(20)16(8-10(18)5-2)14(22)17(13(15)21)9-11(19)6-3;2*1-8(7-17-2)19-14(16)12-10-5-4-9(6-10)11(12)13(15)18-3;1-4-8(16)6-14-10(18)13(3)11(19)15(12(14)20)7-9(17)5-2;2*1-4-5-11-7(13)9(2)6(12)10(3)8(11)14/h4,10-11,18-19H,1,5-9H2,2-3H3;2*8-10H,4-7H2,1-3H3;8-9,16-17H,4-7H2,1-3H3;2*4H,1,5H2,2-3H3. The van der Waals surface area contributed by atoms with Crippen LogP contribution in [0.3, 0.4) is 0 Å². The Morgan fingerprint density at radius 2 is 0.565 bits per heavy atom. The number of rotatable bonds is 28. The topological polar surface area (TPSA) is 469 Å². The lowest BCUT2D eigenvalue weighted by atomic mass is 9.92. The van der Waals surface area contributed by atoms with E-state index in [1.165, 1.54) is 67.7 Å². The summed E-state index contributed by atoms with van der Waals surface area (Å²) in [5.41, 5.74) is -6.36. The normalized spacial score (nSPS) is 17.4. The van der Waals surface area contributed by atoms with Gasteiger partial charge in [-0.3, -0.25) is 0 Å². The van der Waals surface area contributed by atoms with Crippen LogP contribution in [0, 0.1) is 23.7 Å². The number of methoxy groups -OCH3 is 4. The van der Waals surface area contributed by atoms with E-state index in [9.17, 15) is 97.1 Å². The van der Waals surface area contributed by atoms with Gasteiger partial charge in [-0.15, -0.1) is 19.7 Å². The Balaban J connectivity index is 0.000000338. The van der Waals surface area contributed by atoms with Crippen LogP contribution in [-0.4, -0.2) is 177 Å².